The summed E-state index contributed by atoms with van der Waals surface area (Å²) in [6.07, 6.45) is 0.786. The molecule has 0 saturated heterocycles. The van der Waals surface area contributed by atoms with Crippen LogP contribution in [0.25, 0.3) is 0 Å². The fraction of sp³-hybridized carbons (Fsp3) is 0.105. The molecule has 0 fully saturated rings. The van der Waals surface area contributed by atoms with Crippen molar-refractivity contribution in [3.05, 3.63) is 87.6 Å². The molecule has 0 amide bonds. The van der Waals surface area contributed by atoms with Gasteiger partial charge in [0, 0.05) is 11.3 Å². The van der Waals surface area contributed by atoms with Crippen LogP contribution in [0.2, 0.25) is 0 Å². The summed E-state index contributed by atoms with van der Waals surface area (Å²) < 4.78 is 5.77. The molecule has 0 unspecified atom stereocenters. The fourth-order valence-electron chi connectivity index (χ4n) is 2.22. The number of ether oxygens (including phenoxy) is 1. The lowest BCUT2D eigenvalue weighted by molar-refractivity contribution is 0.108. The molecule has 0 aliphatic rings. The van der Waals surface area contributed by atoms with Crippen molar-refractivity contribution in [2.45, 2.75) is 13.0 Å². The molecule has 0 atom stereocenters. The van der Waals surface area contributed by atoms with Gasteiger partial charge in [0.15, 0.2) is 0 Å². The topological polar surface area (TPSA) is 26.3 Å². The smallest absolute Gasteiger partial charge is 0.262 e. The van der Waals surface area contributed by atoms with Crippen molar-refractivity contribution in [3.8, 4) is 5.75 Å². The second-order valence-corrected chi connectivity index (χ2v) is 6.65. The van der Waals surface area contributed by atoms with Crippen LogP contribution in [0.3, 0.4) is 0 Å². The predicted octanol–water partition coefficient (Wildman–Crippen LogP) is 5.30. The molecule has 1 heterocycles. The van der Waals surface area contributed by atoms with Crippen LogP contribution in [0.4, 0.5) is 0 Å². The number of halogens is 1. The first-order valence-corrected chi connectivity index (χ1v) is 8.44. The van der Waals surface area contributed by atoms with E-state index in [4.69, 9.17) is 16.3 Å². The van der Waals surface area contributed by atoms with E-state index in [-0.39, 0.29) is 0 Å². The van der Waals surface area contributed by atoms with Gasteiger partial charge in [0.1, 0.15) is 12.4 Å². The van der Waals surface area contributed by atoms with Crippen molar-refractivity contribution in [1.82, 2.24) is 0 Å². The highest BCUT2D eigenvalue weighted by Gasteiger charge is 2.06. The van der Waals surface area contributed by atoms with Crippen LogP contribution >= 0.6 is 22.9 Å². The molecule has 116 valence electrons. The molecule has 0 spiro atoms. The highest BCUT2D eigenvalue weighted by molar-refractivity contribution is 7.15. The molecule has 4 heteroatoms. The molecule has 0 bridgehead atoms. The van der Waals surface area contributed by atoms with Gasteiger partial charge in [-0.3, -0.25) is 4.79 Å². The number of carbonyl (C=O) groups excluding carboxylic acids is 1. The summed E-state index contributed by atoms with van der Waals surface area (Å²) in [5, 5.41) is -0.397. The van der Waals surface area contributed by atoms with Crippen LogP contribution in [0.5, 0.6) is 5.75 Å². The summed E-state index contributed by atoms with van der Waals surface area (Å²) in [6.45, 7) is 0.562. The van der Waals surface area contributed by atoms with Crippen LogP contribution in [-0.4, -0.2) is 5.24 Å². The molecule has 3 rings (SSSR count). The first kappa shape index (κ1) is 15.8. The number of thiophene rings is 1. The average Bonchev–Trinajstić information content (AvgIpc) is 3.04. The van der Waals surface area contributed by atoms with Crippen LogP contribution in [0.15, 0.2) is 66.7 Å². The van der Waals surface area contributed by atoms with E-state index in [0.29, 0.717) is 11.5 Å². The SMILES string of the molecule is O=C(Cl)c1ccc(Cc2ccc(OCc3ccccc3)cc2)s1. The lowest BCUT2D eigenvalue weighted by atomic mass is 10.1. The maximum atomic E-state index is 11.1. The van der Waals surface area contributed by atoms with Crippen LogP contribution in [0, 0.1) is 0 Å². The van der Waals surface area contributed by atoms with Gasteiger partial charge >= 0.3 is 0 Å². The van der Waals surface area contributed by atoms with Gasteiger partial charge in [0.05, 0.1) is 4.88 Å². The van der Waals surface area contributed by atoms with E-state index in [1.807, 2.05) is 60.7 Å². The lowest BCUT2D eigenvalue weighted by Gasteiger charge is -2.07. The Kier molecular flexibility index (Phi) is 5.11. The summed E-state index contributed by atoms with van der Waals surface area (Å²) in [6, 6.07) is 21.8. The van der Waals surface area contributed by atoms with Crippen molar-refractivity contribution >= 4 is 28.2 Å². The van der Waals surface area contributed by atoms with E-state index in [1.165, 1.54) is 16.9 Å². The summed E-state index contributed by atoms with van der Waals surface area (Å²) >= 11 is 6.92. The van der Waals surface area contributed by atoms with Crippen LogP contribution < -0.4 is 4.74 Å². The minimum absolute atomic E-state index is 0.397. The lowest BCUT2D eigenvalue weighted by Crippen LogP contribution is -1.95. The van der Waals surface area contributed by atoms with E-state index in [1.54, 1.807) is 6.07 Å². The molecule has 0 saturated carbocycles. The Morgan fingerprint density at radius 2 is 1.65 bits per heavy atom. The third kappa shape index (κ3) is 4.44. The zero-order chi connectivity index (χ0) is 16.1. The minimum atomic E-state index is -0.397. The van der Waals surface area contributed by atoms with E-state index in [2.05, 4.69) is 0 Å². The second kappa shape index (κ2) is 7.44. The van der Waals surface area contributed by atoms with Crippen molar-refractivity contribution in [3.63, 3.8) is 0 Å². The average molecular weight is 343 g/mol. The summed E-state index contributed by atoms with van der Waals surface area (Å²) in [4.78, 5) is 12.8. The maximum Gasteiger partial charge on any atom is 0.262 e. The number of hydrogen-bond acceptors (Lipinski definition) is 3. The Bertz CT molecular complexity index is 779. The van der Waals surface area contributed by atoms with Gasteiger partial charge in [0.25, 0.3) is 5.24 Å². The second-order valence-electron chi connectivity index (χ2n) is 5.13. The number of rotatable bonds is 6. The van der Waals surface area contributed by atoms with Crippen molar-refractivity contribution in [2.24, 2.45) is 0 Å². The van der Waals surface area contributed by atoms with Crippen molar-refractivity contribution < 1.29 is 9.53 Å². The van der Waals surface area contributed by atoms with Gasteiger partial charge in [-0.15, -0.1) is 11.3 Å². The summed E-state index contributed by atoms with van der Waals surface area (Å²) in [5.74, 6) is 0.848. The van der Waals surface area contributed by atoms with Gasteiger partial charge in [0.2, 0.25) is 0 Å². The highest BCUT2D eigenvalue weighted by Crippen LogP contribution is 2.22. The van der Waals surface area contributed by atoms with Crippen molar-refractivity contribution in [2.75, 3.05) is 0 Å². The van der Waals surface area contributed by atoms with E-state index in [9.17, 15) is 4.79 Å². The standard InChI is InChI=1S/C19H15ClO2S/c20-19(21)18-11-10-17(23-18)12-14-6-8-16(9-7-14)22-13-15-4-2-1-3-5-15/h1-11H,12-13H2. The molecule has 0 radical (unpaired) electrons. The number of hydrogen-bond donors (Lipinski definition) is 0. The Hall–Kier alpha value is -2.10. The zero-order valence-electron chi connectivity index (χ0n) is 12.4. The molecular weight excluding hydrogens is 328 g/mol. The first-order chi connectivity index (χ1) is 11.2. The van der Waals surface area contributed by atoms with Gasteiger partial charge in [-0.25, -0.2) is 0 Å². The third-order valence-electron chi connectivity index (χ3n) is 3.41. The number of carbonyl (C=O) groups is 1. The van der Waals surface area contributed by atoms with Crippen LogP contribution in [-0.2, 0) is 13.0 Å². The Morgan fingerprint density at radius 3 is 2.30 bits per heavy atom. The normalized spacial score (nSPS) is 10.5. The molecule has 23 heavy (non-hydrogen) atoms. The Labute approximate surface area is 144 Å². The van der Waals surface area contributed by atoms with Gasteiger partial charge < -0.3 is 4.74 Å². The highest BCUT2D eigenvalue weighted by atomic mass is 35.5. The summed E-state index contributed by atoms with van der Waals surface area (Å²) in [7, 11) is 0. The molecule has 1 aromatic heterocycles. The zero-order valence-corrected chi connectivity index (χ0v) is 13.9. The molecule has 2 nitrogen and oxygen atoms in total. The van der Waals surface area contributed by atoms with Gasteiger partial charge in [-0.05, 0) is 47.0 Å². The minimum Gasteiger partial charge on any atom is -0.489 e. The molecular formula is C19H15ClO2S. The van der Waals surface area contributed by atoms with E-state index in [0.717, 1.165) is 22.6 Å². The number of benzene rings is 2. The van der Waals surface area contributed by atoms with E-state index < -0.39 is 5.24 Å². The summed E-state index contributed by atoms with van der Waals surface area (Å²) in [5.41, 5.74) is 2.32. The molecule has 2 aromatic carbocycles. The van der Waals surface area contributed by atoms with Gasteiger partial charge in [-0.1, -0.05) is 42.5 Å². The molecule has 3 aromatic rings. The van der Waals surface area contributed by atoms with E-state index >= 15 is 0 Å². The quantitative estimate of drug-likeness (QED) is 0.568. The monoisotopic (exact) mass is 342 g/mol. The molecule has 0 aliphatic carbocycles. The van der Waals surface area contributed by atoms with Gasteiger partial charge in [-0.2, -0.15) is 0 Å². The third-order valence-corrected chi connectivity index (χ3v) is 4.81. The molecule has 0 aliphatic heterocycles. The van der Waals surface area contributed by atoms with Crippen LogP contribution in [0.1, 0.15) is 25.7 Å². The predicted molar refractivity (Wildman–Crippen MR) is 94.5 cm³/mol. The Balaban J connectivity index is 1.59. The largest absolute Gasteiger partial charge is 0.489 e. The maximum absolute atomic E-state index is 11.1. The Morgan fingerprint density at radius 1 is 0.913 bits per heavy atom. The fourth-order valence-corrected chi connectivity index (χ4v) is 3.28. The van der Waals surface area contributed by atoms with Crippen molar-refractivity contribution in [1.29, 1.82) is 0 Å². The first-order valence-electron chi connectivity index (χ1n) is 7.25. The molecule has 0 N–H and O–H groups in total.